The van der Waals surface area contributed by atoms with Gasteiger partial charge in [0, 0.05) is 6.20 Å². The van der Waals surface area contributed by atoms with Gasteiger partial charge in [-0.2, -0.15) is 9.78 Å². The van der Waals surface area contributed by atoms with E-state index < -0.39 is 22.3 Å². The van der Waals surface area contributed by atoms with Crippen LogP contribution in [0.2, 0.25) is 0 Å². The molecule has 0 saturated heterocycles. The minimum absolute atomic E-state index is 0.377. The summed E-state index contributed by atoms with van der Waals surface area (Å²) in [5, 5.41) is 2.81. The Kier molecular flexibility index (Phi) is 2.20. The molecule has 0 radical (unpaired) electrons. The van der Waals surface area contributed by atoms with E-state index in [9.17, 15) is 21.9 Å². The molecule has 1 aromatic heterocycles. The Morgan fingerprint density at radius 2 is 2.17 bits per heavy atom. The van der Waals surface area contributed by atoms with Crippen molar-refractivity contribution in [2.24, 2.45) is 0 Å². The number of aromatic nitrogens is 2. The molecule has 0 fully saturated rings. The van der Waals surface area contributed by atoms with Gasteiger partial charge in [-0.15, -0.1) is 13.2 Å². The summed E-state index contributed by atoms with van der Waals surface area (Å²) in [4.78, 5) is -0.493. The zero-order chi connectivity index (χ0) is 9.35. The molecule has 0 saturated carbocycles. The highest BCUT2D eigenvalue weighted by molar-refractivity contribution is 7.79. The Bertz CT molecular complexity index is 307. The maximum atomic E-state index is 11.8. The van der Waals surface area contributed by atoms with Crippen LogP contribution in [0.4, 0.5) is 13.2 Å². The predicted molar refractivity (Wildman–Crippen MR) is 30.7 cm³/mol. The maximum absolute atomic E-state index is 11.8. The fourth-order valence-electron chi connectivity index (χ4n) is 0.531. The molecule has 4 nitrogen and oxygen atoms in total. The van der Waals surface area contributed by atoms with Gasteiger partial charge in [-0.3, -0.25) is 4.21 Å². The molecule has 1 unspecified atom stereocenters. The Hall–Kier alpha value is -0.890. The zero-order valence-electron chi connectivity index (χ0n) is 5.41. The Labute approximate surface area is 67.3 Å². The van der Waals surface area contributed by atoms with Crippen LogP contribution in [0.5, 0.6) is 0 Å². The van der Waals surface area contributed by atoms with Gasteiger partial charge in [0.1, 0.15) is 0 Å². The largest absolute Gasteiger partial charge is 0.768 e. The van der Waals surface area contributed by atoms with Crippen molar-refractivity contribution >= 4 is 11.1 Å². The Morgan fingerprint density at radius 3 is 2.42 bits per heavy atom. The van der Waals surface area contributed by atoms with Crippen LogP contribution in [0.3, 0.4) is 0 Å². The normalized spacial score (nSPS) is 14.7. The van der Waals surface area contributed by atoms with Crippen LogP contribution < -0.4 is 0 Å². The van der Waals surface area contributed by atoms with Gasteiger partial charge in [0.25, 0.3) is 0 Å². The van der Waals surface area contributed by atoms with Gasteiger partial charge < -0.3 is 4.55 Å². The summed E-state index contributed by atoms with van der Waals surface area (Å²) in [6.45, 7) is 0. The molecule has 12 heavy (non-hydrogen) atoms. The topological polar surface area (TPSA) is 57.9 Å². The Balaban J connectivity index is 3.00. The van der Waals surface area contributed by atoms with Crippen LogP contribution in [-0.2, 0) is 17.4 Å². The van der Waals surface area contributed by atoms with Crippen LogP contribution in [-0.4, -0.2) is 18.5 Å². The third kappa shape index (κ3) is 1.83. The van der Waals surface area contributed by atoms with Crippen molar-refractivity contribution in [1.82, 2.24) is 9.78 Å². The summed E-state index contributed by atoms with van der Waals surface area (Å²) in [5.74, 6) is 0. The van der Waals surface area contributed by atoms with Crippen molar-refractivity contribution in [1.29, 1.82) is 0 Å². The molecule has 0 bridgehead atoms. The Morgan fingerprint density at radius 1 is 1.58 bits per heavy atom. The highest BCUT2D eigenvalue weighted by atomic mass is 32.2. The van der Waals surface area contributed by atoms with Gasteiger partial charge >= 0.3 is 6.30 Å². The third-order valence-electron chi connectivity index (χ3n) is 1.01. The van der Waals surface area contributed by atoms with Crippen molar-refractivity contribution in [3.05, 3.63) is 12.4 Å². The summed E-state index contributed by atoms with van der Waals surface area (Å²) < 4.78 is 55.2. The number of hydrogen-bond donors (Lipinski definition) is 0. The second-order valence-electron chi connectivity index (χ2n) is 1.82. The molecule has 1 heterocycles. The van der Waals surface area contributed by atoms with Crippen molar-refractivity contribution in [2.45, 2.75) is 11.2 Å². The van der Waals surface area contributed by atoms with Crippen LogP contribution in [0.25, 0.3) is 0 Å². The minimum atomic E-state index is -4.67. The fourth-order valence-corrected chi connectivity index (χ4v) is 0.850. The van der Waals surface area contributed by atoms with Crippen LogP contribution in [0, 0.1) is 0 Å². The monoisotopic (exact) mass is 199 g/mol. The molecule has 0 aliphatic rings. The standard InChI is InChI=1S/C4H3F3N2O2S/c5-4(6,7)9-2-3(1-8-9)12(10)11/h1-2H,(H,10,11)/p-1. The smallest absolute Gasteiger partial charge is 0.504 e. The van der Waals surface area contributed by atoms with Gasteiger partial charge in [0.2, 0.25) is 0 Å². The maximum Gasteiger partial charge on any atom is 0.504 e. The minimum Gasteiger partial charge on any atom is -0.768 e. The molecular formula is C4H2F3N2O2S-. The van der Waals surface area contributed by atoms with E-state index in [-0.39, 0.29) is 4.68 Å². The first-order chi connectivity index (χ1) is 5.41. The molecule has 0 aliphatic carbocycles. The molecule has 0 aliphatic heterocycles. The average Bonchev–Trinajstić information content (AvgIpc) is 2.30. The number of alkyl halides is 3. The van der Waals surface area contributed by atoms with Crippen LogP contribution >= 0.6 is 0 Å². The second-order valence-corrected chi connectivity index (χ2v) is 2.76. The van der Waals surface area contributed by atoms with E-state index in [4.69, 9.17) is 0 Å². The van der Waals surface area contributed by atoms with Crippen molar-refractivity contribution in [3.63, 3.8) is 0 Å². The van der Waals surface area contributed by atoms with Gasteiger partial charge in [-0.1, -0.05) is 0 Å². The fraction of sp³-hybridized carbons (Fsp3) is 0.250. The highest BCUT2D eigenvalue weighted by Crippen LogP contribution is 2.21. The predicted octanol–water partition coefficient (Wildman–Crippen LogP) is 0.597. The molecule has 1 rings (SSSR count). The van der Waals surface area contributed by atoms with Crippen molar-refractivity contribution in [2.75, 3.05) is 0 Å². The molecule has 0 aromatic carbocycles. The van der Waals surface area contributed by atoms with E-state index in [1.165, 1.54) is 0 Å². The molecule has 68 valence electrons. The SMILES string of the molecule is O=S([O-])c1cnn(C(F)(F)F)c1. The lowest BCUT2D eigenvalue weighted by Gasteiger charge is -2.04. The quantitative estimate of drug-likeness (QED) is 0.622. The lowest BCUT2D eigenvalue weighted by atomic mass is 10.7. The molecular weight excluding hydrogens is 197 g/mol. The van der Waals surface area contributed by atoms with E-state index in [1.807, 2.05) is 0 Å². The number of hydrogen-bond acceptors (Lipinski definition) is 3. The van der Waals surface area contributed by atoms with E-state index in [2.05, 4.69) is 5.10 Å². The third-order valence-corrected chi connectivity index (χ3v) is 1.61. The first-order valence-electron chi connectivity index (χ1n) is 2.62. The second kappa shape index (κ2) is 2.87. The van der Waals surface area contributed by atoms with E-state index >= 15 is 0 Å². The van der Waals surface area contributed by atoms with Gasteiger partial charge in [0.15, 0.2) is 0 Å². The van der Waals surface area contributed by atoms with E-state index in [0.717, 1.165) is 0 Å². The molecule has 8 heteroatoms. The lowest BCUT2D eigenvalue weighted by molar-refractivity contribution is -0.212. The first-order valence-corrected chi connectivity index (χ1v) is 3.70. The molecule has 0 amide bonds. The number of halogens is 3. The average molecular weight is 199 g/mol. The van der Waals surface area contributed by atoms with E-state index in [0.29, 0.717) is 12.4 Å². The van der Waals surface area contributed by atoms with Gasteiger partial charge in [0.05, 0.1) is 11.1 Å². The van der Waals surface area contributed by atoms with Gasteiger partial charge in [-0.05, 0) is 11.1 Å². The van der Waals surface area contributed by atoms with E-state index in [1.54, 1.807) is 0 Å². The van der Waals surface area contributed by atoms with Crippen LogP contribution in [0.15, 0.2) is 17.3 Å². The summed E-state index contributed by atoms with van der Waals surface area (Å²) in [6.07, 6.45) is -3.66. The molecule has 1 aromatic rings. The number of nitrogens with zero attached hydrogens (tertiary/aromatic N) is 2. The van der Waals surface area contributed by atoms with Crippen LogP contribution in [0.1, 0.15) is 0 Å². The first kappa shape index (κ1) is 9.20. The van der Waals surface area contributed by atoms with Gasteiger partial charge in [-0.25, -0.2) is 0 Å². The summed E-state index contributed by atoms with van der Waals surface area (Å²) in [5.41, 5.74) is 0. The summed E-state index contributed by atoms with van der Waals surface area (Å²) in [7, 11) is 0. The zero-order valence-corrected chi connectivity index (χ0v) is 6.22. The van der Waals surface area contributed by atoms with Crippen molar-refractivity contribution < 1.29 is 21.9 Å². The summed E-state index contributed by atoms with van der Waals surface area (Å²) >= 11 is -2.68. The highest BCUT2D eigenvalue weighted by Gasteiger charge is 2.31. The summed E-state index contributed by atoms with van der Waals surface area (Å²) in [6, 6.07) is 0. The number of rotatable bonds is 1. The molecule has 0 spiro atoms. The van der Waals surface area contributed by atoms with Crippen molar-refractivity contribution in [3.8, 4) is 0 Å². The lowest BCUT2D eigenvalue weighted by Crippen LogP contribution is -2.16. The molecule has 0 N–H and O–H groups in total. The molecule has 1 atom stereocenters.